The molecule has 0 aliphatic heterocycles. The van der Waals surface area contributed by atoms with Gasteiger partial charge in [0.25, 0.3) is 5.91 Å². The number of hydrogen-bond acceptors (Lipinski definition) is 5. The molecule has 220 valence electrons. The highest BCUT2D eigenvalue weighted by atomic mass is 35.5. The quantitative estimate of drug-likeness (QED) is 0.237. The number of benzene rings is 3. The SMILES string of the molecule is CN(C)C(c1cccc(F)c1)C1CCC(CCNC(=O)c2ccccc2NCS(=O)(=O)c2ccc(Cl)c(Cl)c2)CC1. The van der Waals surface area contributed by atoms with Crippen LogP contribution in [-0.4, -0.2) is 45.7 Å². The summed E-state index contributed by atoms with van der Waals surface area (Å²) in [6.07, 6.45) is 5.10. The van der Waals surface area contributed by atoms with Gasteiger partial charge in [-0.15, -0.1) is 0 Å². The van der Waals surface area contributed by atoms with Crippen LogP contribution in [0.4, 0.5) is 10.1 Å². The number of para-hydroxylation sites is 1. The Hall–Kier alpha value is -2.65. The predicted molar refractivity (Wildman–Crippen MR) is 164 cm³/mol. The van der Waals surface area contributed by atoms with E-state index in [9.17, 15) is 17.6 Å². The molecule has 1 aliphatic carbocycles. The fourth-order valence-corrected chi connectivity index (χ4v) is 7.17. The number of hydrogen-bond donors (Lipinski definition) is 2. The number of anilines is 1. The molecule has 3 aromatic rings. The summed E-state index contributed by atoms with van der Waals surface area (Å²) < 4.78 is 39.5. The van der Waals surface area contributed by atoms with Crippen LogP contribution < -0.4 is 10.6 Å². The molecule has 4 rings (SSSR count). The fraction of sp³-hybridized carbons (Fsp3) is 0.387. The van der Waals surface area contributed by atoms with Crippen molar-refractivity contribution in [3.05, 3.63) is 93.7 Å². The average Bonchev–Trinajstić information content (AvgIpc) is 2.94. The van der Waals surface area contributed by atoms with Gasteiger partial charge in [0.1, 0.15) is 11.7 Å². The van der Waals surface area contributed by atoms with Crippen LogP contribution in [-0.2, 0) is 9.84 Å². The minimum absolute atomic E-state index is 0.0453. The molecule has 0 spiro atoms. The molecule has 0 saturated heterocycles. The summed E-state index contributed by atoms with van der Waals surface area (Å²) in [6.45, 7) is 0.533. The number of halogens is 3. The van der Waals surface area contributed by atoms with Crippen LogP contribution >= 0.6 is 23.2 Å². The molecule has 41 heavy (non-hydrogen) atoms. The molecule has 6 nitrogen and oxygen atoms in total. The summed E-state index contributed by atoms with van der Waals surface area (Å²) in [6, 6.07) is 18.1. The van der Waals surface area contributed by atoms with E-state index in [0.29, 0.717) is 29.6 Å². The summed E-state index contributed by atoms with van der Waals surface area (Å²) >= 11 is 11.9. The molecule has 1 unspecified atom stereocenters. The highest BCUT2D eigenvalue weighted by Gasteiger charge is 2.30. The smallest absolute Gasteiger partial charge is 0.253 e. The molecule has 0 heterocycles. The topological polar surface area (TPSA) is 78.5 Å². The summed E-state index contributed by atoms with van der Waals surface area (Å²) in [5.74, 6) is 0.0979. The van der Waals surface area contributed by atoms with Gasteiger partial charge in [-0.3, -0.25) is 4.79 Å². The van der Waals surface area contributed by atoms with Crippen molar-refractivity contribution >= 4 is 44.6 Å². The van der Waals surface area contributed by atoms with Gasteiger partial charge in [-0.05, 0) is 93.2 Å². The van der Waals surface area contributed by atoms with Gasteiger partial charge in [0.05, 0.1) is 20.5 Å². The zero-order chi connectivity index (χ0) is 29.6. The normalized spacial score (nSPS) is 18.2. The lowest BCUT2D eigenvalue weighted by atomic mass is 9.75. The molecule has 1 saturated carbocycles. The third kappa shape index (κ3) is 8.22. The summed E-state index contributed by atoms with van der Waals surface area (Å²) in [5, 5.41) is 6.33. The molecular formula is C31H36Cl2FN3O3S. The Morgan fingerprint density at radius 3 is 2.39 bits per heavy atom. The number of carbonyl (C=O) groups is 1. The van der Waals surface area contributed by atoms with Gasteiger partial charge in [0, 0.05) is 18.3 Å². The van der Waals surface area contributed by atoms with E-state index in [2.05, 4.69) is 15.5 Å². The third-order valence-electron chi connectivity index (χ3n) is 7.80. The molecule has 1 atom stereocenters. The maximum atomic E-state index is 13.9. The van der Waals surface area contributed by atoms with Crippen molar-refractivity contribution in [3.8, 4) is 0 Å². The predicted octanol–water partition coefficient (Wildman–Crippen LogP) is 7.21. The fourth-order valence-electron chi connectivity index (χ4n) is 5.72. The first-order valence-electron chi connectivity index (χ1n) is 13.8. The number of nitrogens with one attached hydrogen (secondary N) is 2. The van der Waals surface area contributed by atoms with E-state index < -0.39 is 15.7 Å². The van der Waals surface area contributed by atoms with Crippen LogP contribution in [0.3, 0.4) is 0 Å². The van der Waals surface area contributed by atoms with Crippen molar-refractivity contribution in [1.29, 1.82) is 0 Å². The molecule has 3 aromatic carbocycles. The summed E-state index contributed by atoms with van der Waals surface area (Å²) in [4.78, 5) is 15.2. The first kappa shape index (κ1) is 31.3. The zero-order valence-electron chi connectivity index (χ0n) is 23.2. The minimum Gasteiger partial charge on any atom is -0.371 e. The summed E-state index contributed by atoms with van der Waals surface area (Å²) in [7, 11) is 0.381. The Kier molecular flexibility index (Phi) is 10.7. The van der Waals surface area contributed by atoms with E-state index in [1.165, 1.54) is 24.3 Å². The number of rotatable bonds is 11. The maximum absolute atomic E-state index is 13.9. The average molecular weight is 621 g/mol. The van der Waals surface area contributed by atoms with E-state index in [1.54, 1.807) is 36.4 Å². The van der Waals surface area contributed by atoms with Gasteiger partial charge in [0.15, 0.2) is 9.84 Å². The van der Waals surface area contributed by atoms with Gasteiger partial charge in [-0.2, -0.15) is 0 Å². The Morgan fingerprint density at radius 1 is 0.976 bits per heavy atom. The van der Waals surface area contributed by atoms with E-state index >= 15 is 0 Å². The Bertz CT molecular complexity index is 1460. The van der Waals surface area contributed by atoms with Crippen LogP contribution in [0, 0.1) is 17.7 Å². The Labute approximate surface area is 252 Å². The maximum Gasteiger partial charge on any atom is 0.253 e. The lowest BCUT2D eigenvalue weighted by Crippen LogP contribution is -2.32. The highest BCUT2D eigenvalue weighted by Crippen LogP contribution is 2.40. The van der Waals surface area contributed by atoms with Gasteiger partial charge >= 0.3 is 0 Å². The third-order valence-corrected chi connectivity index (χ3v) is 10.0. The zero-order valence-corrected chi connectivity index (χ0v) is 25.6. The molecule has 1 fully saturated rings. The second kappa shape index (κ2) is 14.0. The monoisotopic (exact) mass is 619 g/mol. The van der Waals surface area contributed by atoms with E-state index in [1.807, 2.05) is 20.2 Å². The molecular weight excluding hydrogens is 584 g/mol. The van der Waals surface area contributed by atoms with Crippen LogP contribution in [0.25, 0.3) is 0 Å². The van der Waals surface area contributed by atoms with Crippen molar-refractivity contribution in [2.45, 2.75) is 43.0 Å². The standard InChI is InChI=1S/C31H36Cl2FN3O3S/c1-37(2)30(23-6-5-7-24(34)18-23)22-12-10-21(11-13-22)16-17-35-31(38)26-8-3-4-9-29(26)36-20-41(39,40)25-14-15-27(32)28(33)19-25/h3-9,14-15,18-19,21-22,30,36H,10-13,16-17,20H2,1-2H3,(H,35,38). The number of nitrogens with zero attached hydrogens (tertiary/aromatic N) is 1. The van der Waals surface area contributed by atoms with Crippen molar-refractivity contribution in [3.63, 3.8) is 0 Å². The van der Waals surface area contributed by atoms with Gasteiger partial charge in [-0.1, -0.05) is 60.3 Å². The molecule has 10 heteroatoms. The Balaban J connectivity index is 1.28. The Morgan fingerprint density at radius 2 is 1.71 bits per heavy atom. The first-order chi connectivity index (χ1) is 19.5. The van der Waals surface area contributed by atoms with Gasteiger partial charge < -0.3 is 15.5 Å². The highest BCUT2D eigenvalue weighted by molar-refractivity contribution is 7.91. The molecule has 1 amide bonds. The van der Waals surface area contributed by atoms with E-state index in [-0.39, 0.29) is 32.7 Å². The lowest BCUT2D eigenvalue weighted by molar-refractivity contribution is 0.0948. The summed E-state index contributed by atoms with van der Waals surface area (Å²) in [5.41, 5.74) is 1.83. The molecule has 0 bridgehead atoms. The molecule has 2 N–H and O–H groups in total. The second-order valence-corrected chi connectivity index (χ2v) is 13.7. The van der Waals surface area contributed by atoms with Gasteiger partial charge in [-0.25, -0.2) is 12.8 Å². The lowest BCUT2D eigenvalue weighted by Gasteiger charge is -2.37. The number of sulfone groups is 1. The molecule has 1 aliphatic rings. The van der Waals surface area contributed by atoms with Crippen LogP contribution in [0.15, 0.2) is 71.6 Å². The largest absolute Gasteiger partial charge is 0.371 e. The van der Waals surface area contributed by atoms with E-state index in [4.69, 9.17) is 23.2 Å². The first-order valence-corrected chi connectivity index (χ1v) is 16.2. The van der Waals surface area contributed by atoms with Crippen molar-refractivity contribution in [2.24, 2.45) is 11.8 Å². The van der Waals surface area contributed by atoms with Gasteiger partial charge in [0.2, 0.25) is 0 Å². The number of carbonyl (C=O) groups excluding carboxylic acids is 1. The van der Waals surface area contributed by atoms with Crippen LogP contribution in [0.5, 0.6) is 0 Å². The van der Waals surface area contributed by atoms with Crippen molar-refractivity contribution in [1.82, 2.24) is 10.2 Å². The van der Waals surface area contributed by atoms with Crippen molar-refractivity contribution < 1.29 is 17.6 Å². The number of amides is 1. The minimum atomic E-state index is -3.72. The molecule has 0 aromatic heterocycles. The molecule has 0 radical (unpaired) electrons. The van der Waals surface area contributed by atoms with Crippen LogP contribution in [0.2, 0.25) is 10.0 Å². The van der Waals surface area contributed by atoms with Crippen molar-refractivity contribution in [2.75, 3.05) is 31.8 Å². The van der Waals surface area contributed by atoms with Crippen LogP contribution in [0.1, 0.15) is 54.1 Å². The second-order valence-electron chi connectivity index (χ2n) is 10.8. The van der Waals surface area contributed by atoms with E-state index in [0.717, 1.165) is 37.7 Å².